The molecule has 0 heterocycles. The van der Waals surface area contributed by atoms with Crippen LogP contribution in [0.1, 0.15) is 40.1 Å². The molecule has 0 aliphatic carbocycles. The minimum absolute atomic E-state index is 0.0318. The molecule has 2 amide bonds. The second kappa shape index (κ2) is 7.59. The van der Waals surface area contributed by atoms with Gasteiger partial charge >= 0.3 is 0 Å². The van der Waals surface area contributed by atoms with Crippen molar-refractivity contribution in [1.29, 1.82) is 0 Å². The largest absolute Gasteiger partial charge is 0.350 e. The first-order valence-electron chi connectivity index (χ1n) is 7.36. The van der Waals surface area contributed by atoms with Crippen LogP contribution < -0.4 is 10.6 Å². The van der Waals surface area contributed by atoms with Crippen molar-refractivity contribution in [2.24, 2.45) is 0 Å². The minimum atomic E-state index is -0.223. The van der Waals surface area contributed by atoms with Crippen LogP contribution in [0.3, 0.4) is 0 Å². The lowest BCUT2D eigenvalue weighted by atomic mass is 10.1. The molecule has 2 N–H and O–H groups in total. The summed E-state index contributed by atoms with van der Waals surface area (Å²) in [5, 5.41) is 5.68. The van der Waals surface area contributed by atoms with Crippen molar-refractivity contribution in [2.45, 2.75) is 26.8 Å². The van der Waals surface area contributed by atoms with Gasteiger partial charge in [-0.25, -0.2) is 0 Å². The van der Waals surface area contributed by atoms with Crippen molar-refractivity contribution < 1.29 is 9.59 Å². The van der Waals surface area contributed by atoms with E-state index in [1.165, 1.54) is 0 Å². The molecule has 0 saturated heterocycles. The zero-order valence-corrected chi connectivity index (χ0v) is 15.5. The van der Waals surface area contributed by atoms with Crippen molar-refractivity contribution in [2.75, 3.05) is 5.32 Å². The number of anilines is 1. The normalized spacial score (nSPS) is 10.5. The van der Waals surface area contributed by atoms with Crippen LogP contribution in [-0.2, 0) is 0 Å². The Balaban J connectivity index is 2.26. The summed E-state index contributed by atoms with van der Waals surface area (Å²) in [4.78, 5) is 24.7. The quantitative estimate of drug-likeness (QED) is 0.733. The summed E-state index contributed by atoms with van der Waals surface area (Å²) in [5.41, 5.74) is 2.65. The fourth-order valence-corrected chi connectivity index (χ4v) is 3.04. The van der Waals surface area contributed by atoms with Gasteiger partial charge in [-0.15, -0.1) is 0 Å². The van der Waals surface area contributed by atoms with Gasteiger partial charge in [-0.05, 0) is 67.6 Å². The van der Waals surface area contributed by atoms with Gasteiger partial charge < -0.3 is 10.6 Å². The molecular weight excluding hydrogens is 403 g/mol. The highest BCUT2D eigenvalue weighted by atomic mass is 127. The van der Waals surface area contributed by atoms with Gasteiger partial charge in [0.2, 0.25) is 0 Å². The van der Waals surface area contributed by atoms with Gasteiger partial charge in [-0.2, -0.15) is 0 Å². The van der Waals surface area contributed by atoms with Gasteiger partial charge in [0.1, 0.15) is 0 Å². The highest BCUT2D eigenvalue weighted by molar-refractivity contribution is 14.1. The molecule has 120 valence electrons. The average molecular weight is 422 g/mol. The topological polar surface area (TPSA) is 58.2 Å². The fraction of sp³-hybridized carbons (Fsp3) is 0.222. The van der Waals surface area contributed by atoms with Gasteiger partial charge in [0.15, 0.2) is 0 Å². The van der Waals surface area contributed by atoms with E-state index in [0.717, 1.165) is 9.13 Å². The van der Waals surface area contributed by atoms with Crippen molar-refractivity contribution >= 4 is 40.1 Å². The monoisotopic (exact) mass is 422 g/mol. The molecule has 2 aromatic rings. The molecule has 23 heavy (non-hydrogen) atoms. The van der Waals surface area contributed by atoms with E-state index in [-0.39, 0.29) is 17.9 Å². The number of hydrogen-bond donors (Lipinski definition) is 2. The summed E-state index contributed by atoms with van der Waals surface area (Å²) >= 11 is 2.14. The van der Waals surface area contributed by atoms with Crippen LogP contribution in [0.4, 0.5) is 5.69 Å². The number of nitrogens with one attached hydrogen (secondary N) is 2. The zero-order chi connectivity index (χ0) is 17.0. The molecule has 0 fully saturated rings. The first-order valence-corrected chi connectivity index (χ1v) is 8.43. The number of rotatable bonds is 4. The summed E-state index contributed by atoms with van der Waals surface area (Å²) in [6.07, 6.45) is 0. The summed E-state index contributed by atoms with van der Waals surface area (Å²) in [7, 11) is 0. The van der Waals surface area contributed by atoms with Gasteiger partial charge in [-0.3, -0.25) is 9.59 Å². The maximum Gasteiger partial charge on any atom is 0.256 e. The number of para-hydroxylation sites is 1. The van der Waals surface area contributed by atoms with E-state index in [4.69, 9.17) is 0 Å². The highest BCUT2D eigenvalue weighted by Gasteiger charge is 2.16. The minimum Gasteiger partial charge on any atom is -0.350 e. The number of carbonyl (C=O) groups is 2. The molecule has 0 atom stereocenters. The first kappa shape index (κ1) is 17.5. The van der Waals surface area contributed by atoms with Gasteiger partial charge in [0, 0.05) is 9.61 Å². The molecule has 0 radical (unpaired) electrons. The lowest BCUT2D eigenvalue weighted by Crippen LogP contribution is -2.31. The Morgan fingerprint density at radius 2 is 1.70 bits per heavy atom. The predicted molar refractivity (Wildman–Crippen MR) is 101 cm³/mol. The lowest BCUT2D eigenvalue weighted by molar-refractivity contribution is 0.0944. The van der Waals surface area contributed by atoms with Crippen LogP contribution in [0.15, 0.2) is 42.5 Å². The van der Waals surface area contributed by atoms with Crippen LogP contribution in [0.2, 0.25) is 0 Å². The van der Waals surface area contributed by atoms with Crippen LogP contribution >= 0.6 is 22.6 Å². The molecule has 0 aromatic heterocycles. The molecule has 0 bridgehead atoms. The molecule has 2 rings (SSSR count). The molecule has 4 nitrogen and oxygen atoms in total. The van der Waals surface area contributed by atoms with Crippen molar-refractivity contribution in [1.82, 2.24) is 5.32 Å². The van der Waals surface area contributed by atoms with Crippen molar-refractivity contribution in [3.63, 3.8) is 0 Å². The van der Waals surface area contributed by atoms with Crippen LogP contribution in [0.25, 0.3) is 0 Å². The number of aryl methyl sites for hydroxylation is 1. The number of halogens is 1. The lowest BCUT2D eigenvalue weighted by Gasteiger charge is -2.13. The number of benzene rings is 2. The number of hydrogen-bond acceptors (Lipinski definition) is 2. The third kappa shape index (κ3) is 4.54. The van der Waals surface area contributed by atoms with Crippen LogP contribution in [-0.4, -0.2) is 17.9 Å². The molecule has 0 aliphatic heterocycles. The predicted octanol–water partition coefficient (Wildman–Crippen LogP) is 3.99. The van der Waals surface area contributed by atoms with Gasteiger partial charge in [0.25, 0.3) is 11.8 Å². The molecular formula is C18H19IN2O2. The smallest absolute Gasteiger partial charge is 0.256 e. The van der Waals surface area contributed by atoms with Crippen LogP contribution in [0, 0.1) is 10.5 Å². The SMILES string of the molecule is Cc1ccc(C(=O)Nc2ccccc2C(=O)NC(C)C)c(I)c1. The maximum atomic E-state index is 12.5. The van der Waals surface area contributed by atoms with E-state index in [1.54, 1.807) is 30.3 Å². The Morgan fingerprint density at radius 1 is 1.00 bits per heavy atom. The van der Waals surface area contributed by atoms with Crippen molar-refractivity contribution in [3.05, 3.63) is 62.7 Å². The molecule has 0 aliphatic rings. The van der Waals surface area contributed by atoms with E-state index in [2.05, 4.69) is 33.2 Å². The Morgan fingerprint density at radius 3 is 2.35 bits per heavy atom. The standard InChI is InChI=1S/C18H19IN2O2/c1-11(2)20-18(23)14-6-4-5-7-16(14)21-17(22)13-9-8-12(3)10-15(13)19/h4-11H,1-3H3,(H,20,23)(H,21,22). The van der Waals surface area contributed by atoms with E-state index in [1.807, 2.05) is 32.9 Å². The van der Waals surface area contributed by atoms with Gasteiger partial charge in [-0.1, -0.05) is 23.8 Å². The second-order valence-corrected chi connectivity index (χ2v) is 6.77. The average Bonchev–Trinajstić information content (AvgIpc) is 2.46. The number of amides is 2. The van der Waals surface area contributed by atoms with Crippen molar-refractivity contribution in [3.8, 4) is 0 Å². The summed E-state index contributed by atoms with van der Waals surface area (Å²) in [5.74, 6) is -0.422. The number of carbonyl (C=O) groups excluding carboxylic acids is 2. The van der Waals surface area contributed by atoms with Crippen LogP contribution in [0.5, 0.6) is 0 Å². The van der Waals surface area contributed by atoms with E-state index < -0.39 is 0 Å². The third-order valence-corrected chi connectivity index (χ3v) is 4.10. The Bertz CT molecular complexity index is 742. The van der Waals surface area contributed by atoms with Gasteiger partial charge in [0.05, 0.1) is 16.8 Å². The Kier molecular flexibility index (Phi) is 5.76. The Labute approximate surface area is 149 Å². The molecule has 0 spiro atoms. The molecule has 5 heteroatoms. The third-order valence-electron chi connectivity index (χ3n) is 3.21. The highest BCUT2D eigenvalue weighted by Crippen LogP contribution is 2.19. The van der Waals surface area contributed by atoms with E-state index in [9.17, 15) is 9.59 Å². The Hall–Kier alpha value is -1.89. The first-order chi connectivity index (χ1) is 10.9. The summed E-state index contributed by atoms with van der Waals surface area (Å²) in [6, 6.07) is 12.7. The summed E-state index contributed by atoms with van der Waals surface area (Å²) < 4.78 is 0.879. The molecule has 0 unspecified atom stereocenters. The molecule has 0 saturated carbocycles. The van der Waals surface area contributed by atoms with E-state index >= 15 is 0 Å². The second-order valence-electron chi connectivity index (χ2n) is 5.61. The van der Waals surface area contributed by atoms with E-state index in [0.29, 0.717) is 16.8 Å². The fourth-order valence-electron chi connectivity index (χ4n) is 2.12. The summed E-state index contributed by atoms with van der Waals surface area (Å²) in [6.45, 7) is 5.77. The zero-order valence-electron chi connectivity index (χ0n) is 13.3. The molecule has 2 aromatic carbocycles. The maximum absolute atomic E-state index is 12.5.